The quantitative estimate of drug-likeness (QED) is 0.854. The summed E-state index contributed by atoms with van der Waals surface area (Å²) in [6.45, 7) is 1.95. The maximum Gasteiger partial charge on any atom is 0.0983 e. The molecule has 1 aromatic carbocycles. The molecular weight excluding hydrogens is 252 g/mol. The van der Waals surface area contributed by atoms with Gasteiger partial charge in [-0.15, -0.1) is 11.8 Å². The van der Waals surface area contributed by atoms with Crippen molar-refractivity contribution < 1.29 is 0 Å². The van der Waals surface area contributed by atoms with Gasteiger partial charge in [-0.05, 0) is 36.2 Å². The van der Waals surface area contributed by atoms with Crippen LogP contribution in [-0.2, 0) is 5.75 Å². The summed E-state index contributed by atoms with van der Waals surface area (Å²) in [6.07, 6.45) is 1.81. The average Bonchev–Trinajstić information content (AvgIpc) is 2.33. The number of pyridine rings is 1. The summed E-state index contributed by atoms with van der Waals surface area (Å²) < 4.78 is 0. The molecule has 4 heteroatoms. The van der Waals surface area contributed by atoms with Crippen molar-refractivity contribution in [2.45, 2.75) is 17.7 Å². The van der Waals surface area contributed by atoms with Gasteiger partial charge in [-0.3, -0.25) is 0 Å². The lowest BCUT2D eigenvalue weighted by molar-refractivity contribution is 1.11. The number of aromatic nitrogens is 1. The molecule has 0 aliphatic heterocycles. The van der Waals surface area contributed by atoms with Crippen LogP contribution in [0.3, 0.4) is 0 Å². The molecule has 0 radical (unpaired) electrons. The lowest BCUT2D eigenvalue weighted by atomic mass is 10.2. The van der Waals surface area contributed by atoms with E-state index in [4.69, 9.17) is 17.3 Å². The molecule has 0 spiro atoms. The lowest BCUT2D eigenvalue weighted by Gasteiger charge is -2.04. The zero-order chi connectivity index (χ0) is 12.3. The first kappa shape index (κ1) is 12.3. The molecule has 0 aliphatic rings. The summed E-state index contributed by atoms with van der Waals surface area (Å²) in [7, 11) is 0. The Hall–Kier alpha value is -1.19. The van der Waals surface area contributed by atoms with Crippen molar-refractivity contribution in [2.24, 2.45) is 0 Å². The first-order valence-electron chi connectivity index (χ1n) is 5.24. The second kappa shape index (κ2) is 5.43. The highest BCUT2D eigenvalue weighted by atomic mass is 35.5. The molecule has 88 valence electrons. The number of nitrogen functional groups attached to an aromatic ring is 1. The molecular formula is C13H13ClN2S. The van der Waals surface area contributed by atoms with Crippen LogP contribution in [0.5, 0.6) is 0 Å². The van der Waals surface area contributed by atoms with Crippen LogP contribution in [0.25, 0.3) is 0 Å². The van der Waals surface area contributed by atoms with E-state index in [0.29, 0.717) is 0 Å². The summed E-state index contributed by atoms with van der Waals surface area (Å²) in [5, 5.41) is 1.71. The number of nitrogens with two attached hydrogens (primary N) is 1. The third-order valence-corrected chi connectivity index (χ3v) is 3.67. The molecule has 17 heavy (non-hydrogen) atoms. The van der Waals surface area contributed by atoms with E-state index >= 15 is 0 Å². The minimum Gasteiger partial charge on any atom is -0.398 e. The van der Waals surface area contributed by atoms with Gasteiger partial charge in [0.05, 0.1) is 5.03 Å². The fraction of sp³-hybridized carbons (Fsp3) is 0.154. The fourth-order valence-corrected chi connectivity index (χ4v) is 2.31. The van der Waals surface area contributed by atoms with E-state index in [2.05, 4.69) is 4.98 Å². The highest BCUT2D eigenvalue weighted by Gasteiger charge is 2.00. The number of nitrogens with zero attached hydrogens (tertiary/aromatic N) is 1. The Morgan fingerprint density at radius 3 is 2.65 bits per heavy atom. The molecule has 2 aromatic rings. The number of halogens is 1. The minimum atomic E-state index is 0.761. The van der Waals surface area contributed by atoms with E-state index in [1.807, 2.05) is 37.3 Å². The number of anilines is 1. The summed E-state index contributed by atoms with van der Waals surface area (Å²) in [5.74, 6) is 0.868. The first-order valence-corrected chi connectivity index (χ1v) is 6.61. The van der Waals surface area contributed by atoms with E-state index in [0.717, 1.165) is 27.1 Å². The van der Waals surface area contributed by atoms with Crippen LogP contribution in [-0.4, -0.2) is 4.98 Å². The molecule has 0 aliphatic carbocycles. The third-order valence-electron chi connectivity index (χ3n) is 2.42. The van der Waals surface area contributed by atoms with Crippen LogP contribution in [0, 0.1) is 6.92 Å². The van der Waals surface area contributed by atoms with Gasteiger partial charge in [0.1, 0.15) is 0 Å². The van der Waals surface area contributed by atoms with E-state index in [1.165, 1.54) is 5.56 Å². The standard InChI is InChI=1S/C13H13ClN2S/c1-9-7-16-13(6-12(9)15)17-8-10-2-4-11(14)5-3-10/h2-7H,8H2,1H3,(H2,15,16). The lowest BCUT2D eigenvalue weighted by Crippen LogP contribution is -1.92. The van der Waals surface area contributed by atoms with Crippen molar-refractivity contribution in [3.8, 4) is 0 Å². The highest BCUT2D eigenvalue weighted by molar-refractivity contribution is 7.98. The van der Waals surface area contributed by atoms with E-state index in [9.17, 15) is 0 Å². The Morgan fingerprint density at radius 2 is 2.00 bits per heavy atom. The maximum atomic E-state index is 5.84. The van der Waals surface area contributed by atoms with Gasteiger partial charge in [-0.2, -0.15) is 0 Å². The first-order chi connectivity index (χ1) is 8.15. The number of hydrogen-bond donors (Lipinski definition) is 1. The molecule has 2 nitrogen and oxygen atoms in total. The van der Waals surface area contributed by atoms with Gasteiger partial charge >= 0.3 is 0 Å². The van der Waals surface area contributed by atoms with E-state index < -0.39 is 0 Å². The number of rotatable bonds is 3. The van der Waals surface area contributed by atoms with Crippen molar-refractivity contribution in [3.05, 3.63) is 52.7 Å². The van der Waals surface area contributed by atoms with Gasteiger partial charge < -0.3 is 5.73 Å². The zero-order valence-electron chi connectivity index (χ0n) is 9.48. The molecule has 2 N–H and O–H groups in total. The molecule has 0 amide bonds. The zero-order valence-corrected chi connectivity index (χ0v) is 11.1. The second-order valence-corrected chi connectivity index (χ2v) is 5.23. The largest absolute Gasteiger partial charge is 0.398 e. The van der Waals surface area contributed by atoms with Crippen molar-refractivity contribution >= 4 is 29.1 Å². The van der Waals surface area contributed by atoms with Gasteiger partial charge in [0.15, 0.2) is 0 Å². The predicted molar refractivity (Wildman–Crippen MR) is 74.4 cm³/mol. The Kier molecular flexibility index (Phi) is 3.92. The summed E-state index contributed by atoms with van der Waals surface area (Å²) in [4.78, 5) is 4.33. The summed E-state index contributed by atoms with van der Waals surface area (Å²) in [5.41, 5.74) is 8.87. The van der Waals surface area contributed by atoms with Crippen molar-refractivity contribution in [3.63, 3.8) is 0 Å². The molecule has 2 rings (SSSR count). The summed E-state index contributed by atoms with van der Waals surface area (Å²) in [6, 6.07) is 9.75. The van der Waals surface area contributed by atoms with Crippen molar-refractivity contribution in [2.75, 3.05) is 5.73 Å². The maximum absolute atomic E-state index is 5.84. The molecule has 0 atom stereocenters. The van der Waals surface area contributed by atoms with Gasteiger partial charge in [0.25, 0.3) is 0 Å². The van der Waals surface area contributed by atoms with Crippen LogP contribution in [0.15, 0.2) is 41.6 Å². The van der Waals surface area contributed by atoms with Crippen molar-refractivity contribution in [1.82, 2.24) is 4.98 Å². The SMILES string of the molecule is Cc1cnc(SCc2ccc(Cl)cc2)cc1N. The minimum absolute atomic E-state index is 0.761. The van der Waals surface area contributed by atoms with Crippen LogP contribution < -0.4 is 5.73 Å². The molecule has 1 aromatic heterocycles. The third kappa shape index (κ3) is 3.38. The Labute approximate surface area is 110 Å². The van der Waals surface area contributed by atoms with Crippen LogP contribution >= 0.6 is 23.4 Å². The second-order valence-electron chi connectivity index (χ2n) is 3.79. The molecule has 0 saturated carbocycles. The predicted octanol–water partition coefficient (Wildman–Crippen LogP) is 3.92. The van der Waals surface area contributed by atoms with Gasteiger partial charge in [-0.25, -0.2) is 4.98 Å². The molecule has 0 fully saturated rings. The van der Waals surface area contributed by atoms with Gasteiger partial charge in [0.2, 0.25) is 0 Å². The smallest absolute Gasteiger partial charge is 0.0983 e. The Bertz CT molecular complexity index is 511. The van der Waals surface area contributed by atoms with Crippen LogP contribution in [0.2, 0.25) is 5.02 Å². The normalized spacial score (nSPS) is 10.5. The number of aryl methyl sites for hydroxylation is 1. The molecule has 1 heterocycles. The van der Waals surface area contributed by atoms with Gasteiger partial charge in [0, 0.05) is 22.7 Å². The molecule has 0 unspecified atom stereocenters. The Balaban J connectivity index is 2.02. The number of hydrogen-bond acceptors (Lipinski definition) is 3. The van der Waals surface area contributed by atoms with E-state index in [1.54, 1.807) is 18.0 Å². The van der Waals surface area contributed by atoms with Gasteiger partial charge in [-0.1, -0.05) is 23.7 Å². The van der Waals surface area contributed by atoms with Crippen LogP contribution in [0.1, 0.15) is 11.1 Å². The monoisotopic (exact) mass is 264 g/mol. The molecule has 0 saturated heterocycles. The highest BCUT2D eigenvalue weighted by Crippen LogP contribution is 2.24. The van der Waals surface area contributed by atoms with Crippen molar-refractivity contribution in [1.29, 1.82) is 0 Å². The fourth-order valence-electron chi connectivity index (χ4n) is 1.34. The molecule has 0 bridgehead atoms. The summed E-state index contributed by atoms with van der Waals surface area (Å²) >= 11 is 7.50. The number of thioether (sulfide) groups is 1. The average molecular weight is 265 g/mol. The van der Waals surface area contributed by atoms with E-state index in [-0.39, 0.29) is 0 Å². The topological polar surface area (TPSA) is 38.9 Å². The Morgan fingerprint density at radius 1 is 1.29 bits per heavy atom. The number of benzene rings is 1. The van der Waals surface area contributed by atoms with Crippen LogP contribution in [0.4, 0.5) is 5.69 Å².